The number of hydrogen-bond donors (Lipinski definition) is 1. The zero-order valence-corrected chi connectivity index (χ0v) is 15.2. The summed E-state index contributed by atoms with van der Waals surface area (Å²) >= 11 is 6.02. The van der Waals surface area contributed by atoms with Gasteiger partial charge in [-0.2, -0.15) is 0 Å². The molecule has 0 spiro atoms. The fourth-order valence-electron chi connectivity index (χ4n) is 3.31. The number of likely N-dealkylation sites (tertiary alicyclic amines) is 1. The van der Waals surface area contributed by atoms with Gasteiger partial charge in [0.2, 0.25) is 0 Å². The van der Waals surface area contributed by atoms with E-state index >= 15 is 0 Å². The van der Waals surface area contributed by atoms with Gasteiger partial charge < -0.3 is 5.11 Å². The summed E-state index contributed by atoms with van der Waals surface area (Å²) in [7, 11) is -3.10. The average molecular weight is 378 g/mol. The minimum atomic E-state index is -3.10. The van der Waals surface area contributed by atoms with Gasteiger partial charge in [0, 0.05) is 11.3 Å². The lowest BCUT2D eigenvalue weighted by molar-refractivity contribution is -0.144. The highest BCUT2D eigenvalue weighted by Gasteiger charge is 2.38. The van der Waals surface area contributed by atoms with E-state index in [0.717, 1.165) is 6.07 Å². The number of nitrogens with zero attached hydrogens (tertiary/aromatic N) is 1. The van der Waals surface area contributed by atoms with E-state index in [0.29, 0.717) is 31.5 Å². The Labute approximate surface area is 146 Å². The summed E-state index contributed by atoms with van der Waals surface area (Å²) < 4.78 is 36.3. The summed E-state index contributed by atoms with van der Waals surface area (Å²) in [5, 5.41) is 9.68. The molecule has 1 aliphatic heterocycles. The first kappa shape index (κ1) is 19.1. The molecule has 24 heavy (non-hydrogen) atoms. The second kappa shape index (κ2) is 6.98. The van der Waals surface area contributed by atoms with Crippen LogP contribution in [0, 0.1) is 11.2 Å². The molecule has 1 unspecified atom stereocenters. The molecule has 0 saturated carbocycles. The van der Waals surface area contributed by atoms with Crippen LogP contribution in [0.4, 0.5) is 4.39 Å². The van der Waals surface area contributed by atoms with Crippen LogP contribution in [0.2, 0.25) is 5.02 Å². The van der Waals surface area contributed by atoms with E-state index in [1.165, 1.54) is 18.4 Å². The summed E-state index contributed by atoms with van der Waals surface area (Å²) in [5.41, 5.74) is -0.0167. The highest BCUT2D eigenvalue weighted by atomic mass is 35.5. The average Bonchev–Trinajstić information content (AvgIpc) is 2.41. The lowest BCUT2D eigenvalue weighted by Crippen LogP contribution is -2.45. The normalized spacial score (nSPS) is 19.8. The van der Waals surface area contributed by atoms with Crippen molar-refractivity contribution in [3.8, 4) is 0 Å². The molecule has 5 nitrogen and oxygen atoms in total. The van der Waals surface area contributed by atoms with Crippen molar-refractivity contribution >= 4 is 27.4 Å². The quantitative estimate of drug-likeness (QED) is 0.854. The van der Waals surface area contributed by atoms with E-state index in [2.05, 4.69) is 0 Å². The first-order valence-corrected chi connectivity index (χ1v) is 10.0. The highest BCUT2D eigenvalue weighted by Crippen LogP contribution is 2.37. The van der Waals surface area contributed by atoms with Gasteiger partial charge in [-0.3, -0.25) is 9.69 Å². The Morgan fingerprint density at radius 3 is 2.46 bits per heavy atom. The second-order valence-electron chi connectivity index (χ2n) is 6.82. The van der Waals surface area contributed by atoms with Gasteiger partial charge in [-0.05, 0) is 49.0 Å². The molecule has 0 amide bonds. The molecule has 1 saturated heterocycles. The standard InChI is InChI=1S/C16H21ClFNO4S/c1-16(10-24(2,22)23)5-7-19(8-6-16)14(15(20)21)12-4-3-11(18)9-13(12)17/h3-4,9,14H,5-8,10H2,1-2H3,(H,20,21). The number of carbonyl (C=O) groups is 1. The molecule has 2 rings (SSSR count). The predicted molar refractivity (Wildman–Crippen MR) is 90.4 cm³/mol. The van der Waals surface area contributed by atoms with E-state index in [4.69, 9.17) is 11.6 Å². The van der Waals surface area contributed by atoms with E-state index in [9.17, 15) is 22.7 Å². The molecule has 0 radical (unpaired) electrons. The maximum absolute atomic E-state index is 13.2. The van der Waals surface area contributed by atoms with Crippen molar-refractivity contribution in [2.75, 3.05) is 25.1 Å². The molecule has 1 heterocycles. The van der Waals surface area contributed by atoms with Crippen LogP contribution in [0.15, 0.2) is 18.2 Å². The van der Waals surface area contributed by atoms with Crippen molar-refractivity contribution in [1.29, 1.82) is 0 Å². The molecule has 0 aliphatic carbocycles. The lowest BCUT2D eigenvalue weighted by Gasteiger charge is -2.41. The Morgan fingerprint density at radius 1 is 1.42 bits per heavy atom. The van der Waals surface area contributed by atoms with Gasteiger partial charge in [-0.15, -0.1) is 0 Å². The molecule has 1 N–H and O–H groups in total. The van der Waals surface area contributed by atoms with Crippen LogP contribution in [0.3, 0.4) is 0 Å². The number of aliphatic carboxylic acids is 1. The topological polar surface area (TPSA) is 74.7 Å². The predicted octanol–water partition coefficient (Wildman–Crippen LogP) is 2.75. The van der Waals surface area contributed by atoms with Crippen LogP contribution in [0.5, 0.6) is 0 Å². The van der Waals surface area contributed by atoms with Gasteiger partial charge >= 0.3 is 5.97 Å². The third-order valence-electron chi connectivity index (χ3n) is 4.47. The number of carboxylic acid groups (broad SMARTS) is 1. The first-order valence-electron chi connectivity index (χ1n) is 7.60. The Kier molecular flexibility index (Phi) is 5.57. The summed E-state index contributed by atoms with van der Waals surface area (Å²) in [4.78, 5) is 13.5. The summed E-state index contributed by atoms with van der Waals surface area (Å²) in [6.45, 7) is 2.79. The van der Waals surface area contributed by atoms with Gasteiger partial charge in [-0.1, -0.05) is 24.6 Å². The molecule has 1 atom stereocenters. The van der Waals surface area contributed by atoms with Gasteiger partial charge in [0.15, 0.2) is 0 Å². The van der Waals surface area contributed by atoms with Crippen molar-refractivity contribution in [3.63, 3.8) is 0 Å². The van der Waals surface area contributed by atoms with E-state index in [1.807, 2.05) is 6.92 Å². The van der Waals surface area contributed by atoms with Crippen LogP contribution in [-0.2, 0) is 14.6 Å². The van der Waals surface area contributed by atoms with Crippen molar-refractivity contribution < 1.29 is 22.7 Å². The third kappa shape index (κ3) is 4.68. The van der Waals surface area contributed by atoms with Crippen LogP contribution in [0.25, 0.3) is 0 Å². The molecule has 1 aliphatic rings. The monoisotopic (exact) mass is 377 g/mol. The third-order valence-corrected chi connectivity index (χ3v) is 6.02. The lowest BCUT2D eigenvalue weighted by atomic mass is 9.81. The number of halogens is 2. The number of sulfone groups is 1. The van der Waals surface area contributed by atoms with E-state index in [-0.39, 0.29) is 16.2 Å². The maximum atomic E-state index is 13.2. The molecular formula is C16H21ClFNO4S. The van der Waals surface area contributed by atoms with Crippen molar-refractivity contribution in [2.24, 2.45) is 5.41 Å². The molecular weight excluding hydrogens is 357 g/mol. The van der Waals surface area contributed by atoms with Gasteiger partial charge in [0.05, 0.1) is 5.75 Å². The zero-order chi connectivity index (χ0) is 18.1. The summed E-state index contributed by atoms with van der Waals surface area (Å²) in [6.07, 6.45) is 2.36. The minimum Gasteiger partial charge on any atom is -0.480 e. The Hall–Kier alpha value is -1.18. The van der Waals surface area contributed by atoms with Gasteiger partial charge in [0.25, 0.3) is 0 Å². The molecule has 1 aromatic rings. The van der Waals surface area contributed by atoms with Crippen LogP contribution < -0.4 is 0 Å². The van der Waals surface area contributed by atoms with Gasteiger partial charge in [0.1, 0.15) is 21.7 Å². The number of hydrogen-bond acceptors (Lipinski definition) is 4. The smallest absolute Gasteiger partial charge is 0.325 e. The molecule has 0 aromatic heterocycles. The maximum Gasteiger partial charge on any atom is 0.325 e. The number of piperidine rings is 1. The Bertz CT molecular complexity index is 730. The van der Waals surface area contributed by atoms with Crippen molar-refractivity contribution in [2.45, 2.75) is 25.8 Å². The fourth-order valence-corrected chi connectivity index (χ4v) is 5.13. The van der Waals surface area contributed by atoms with Crippen LogP contribution in [0.1, 0.15) is 31.4 Å². The van der Waals surface area contributed by atoms with E-state index in [1.54, 1.807) is 4.90 Å². The SMILES string of the molecule is CC1(CS(C)(=O)=O)CCN(C(C(=O)O)c2ccc(F)cc2Cl)CC1. The molecule has 1 fully saturated rings. The largest absolute Gasteiger partial charge is 0.480 e. The van der Waals surface area contributed by atoms with Crippen LogP contribution in [-0.4, -0.2) is 49.5 Å². The Morgan fingerprint density at radius 2 is 2.00 bits per heavy atom. The Balaban J connectivity index is 2.19. The van der Waals surface area contributed by atoms with Crippen molar-refractivity contribution in [1.82, 2.24) is 4.90 Å². The molecule has 0 bridgehead atoms. The molecule has 8 heteroatoms. The highest BCUT2D eigenvalue weighted by molar-refractivity contribution is 7.90. The van der Waals surface area contributed by atoms with E-state index < -0.39 is 27.7 Å². The number of rotatable bonds is 5. The number of carboxylic acids is 1. The van der Waals surface area contributed by atoms with Gasteiger partial charge in [-0.25, -0.2) is 12.8 Å². The fraction of sp³-hybridized carbons (Fsp3) is 0.562. The first-order chi connectivity index (χ1) is 11.0. The second-order valence-corrected chi connectivity index (χ2v) is 9.37. The number of benzene rings is 1. The summed E-state index contributed by atoms with van der Waals surface area (Å²) in [5.74, 6) is -1.49. The zero-order valence-electron chi connectivity index (χ0n) is 13.6. The van der Waals surface area contributed by atoms with Crippen molar-refractivity contribution in [3.05, 3.63) is 34.6 Å². The summed E-state index contributed by atoms with van der Waals surface area (Å²) in [6, 6.07) is 2.71. The molecule has 134 valence electrons. The molecule has 1 aromatic carbocycles. The minimum absolute atomic E-state index is 0.0758. The van der Waals surface area contributed by atoms with Crippen LogP contribution >= 0.6 is 11.6 Å².